The van der Waals surface area contributed by atoms with Crippen molar-refractivity contribution in [3.8, 4) is 5.75 Å². The lowest BCUT2D eigenvalue weighted by Crippen LogP contribution is -2.12. The molecule has 0 amide bonds. The van der Waals surface area contributed by atoms with Gasteiger partial charge in [-0.05, 0) is 35.1 Å². The Labute approximate surface area is 134 Å². The summed E-state index contributed by atoms with van der Waals surface area (Å²) < 4.78 is 5.72. The molecule has 0 fully saturated rings. The highest BCUT2D eigenvalue weighted by molar-refractivity contribution is 5.62. The van der Waals surface area contributed by atoms with Crippen LogP contribution in [0.5, 0.6) is 5.75 Å². The van der Waals surface area contributed by atoms with E-state index in [2.05, 4.69) is 75.4 Å². The molecule has 0 aliphatic carbocycles. The van der Waals surface area contributed by atoms with Crippen LogP contribution in [0.4, 0.5) is 0 Å². The van der Waals surface area contributed by atoms with Crippen molar-refractivity contribution < 1.29 is 4.74 Å². The van der Waals surface area contributed by atoms with Crippen molar-refractivity contribution in [2.75, 3.05) is 7.11 Å². The van der Waals surface area contributed by atoms with Crippen LogP contribution in [-0.4, -0.2) is 7.11 Å². The fourth-order valence-corrected chi connectivity index (χ4v) is 2.65. The van der Waals surface area contributed by atoms with Crippen LogP contribution in [0.3, 0.4) is 0 Å². The fourth-order valence-electron chi connectivity index (χ4n) is 2.65. The van der Waals surface area contributed by atoms with E-state index in [1.54, 1.807) is 7.11 Å². The molecule has 0 aliphatic heterocycles. The second kappa shape index (κ2) is 6.83. The molecule has 2 rings (SSSR count). The summed E-state index contributed by atoms with van der Waals surface area (Å²) >= 11 is 0. The molecule has 116 valence electrons. The summed E-state index contributed by atoms with van der Waals surface area (Å²) in [7, 11) is 1.76. The van der Waals surface area contributed by atoms with Crippen LogP contribution in [0, 0.1) is 0 Å². The average Bonchev–Trinajstić information content (AvgIpc) is 2.47. The number of hydrogen-bond donors (Lipinski definition) is 0. The van der Waals surface area contributed by atoms with E-state index in [9.17, 15) is 0 Å². The molecule has 2 aromatic rings. The molecule has 0 saturated heterocycles. The largest absolute Gasteiger partial charge is 0.496 e. The smallest absolute Gasteiger partial charge is 0.129 e. The Balaban J connectivity index is 2.56. The zero-order valence-corrected chi connectivity index (χ0v) is 14.3. The van der Waals surface area contributed by atoms with Crippen LogP contribution < -0.4 is 4.74 Å². The van der Waals surface area contributed by atoms with E-state index in [1.165, 1.54) is 16.7 Å². The molecule has 1 heteroatoms. The van der Waals surface area contributed by atoms with E-state index < -0.39 is 0 Å². The quantitative estimate of drug-likeness (QED) is 0.711. The third kappa shape index (κ3) is 3.79. The zero-order chi connectivity index (χ0) is 16.2. The van der Waals surface area contributed by atoms with Gasteiger partial charge < -0.3 is 4.74 Å². The Morgan fingerprint density at radius 1 is 1.05 bits per heavy atom. The van der Waals surface area contributed by atoms with Crippen LogP contribution in [0.25, 0.3) is 6.08 Å². The minimum Gasteiger partial charge on any atom is -0.496 e. The lowest BCUT2D eigenvalue weighted by atomic mass is 9.83. The van der Waals surface area contributed by atoms with Crippen molar-refractivity contribution in [3.05, 3.63) is 70.8 Å². The monoisotopic (exact) mass is 294 g/mol. The van der Waals surface area contributed by atoms with Gasteiger partial charge in [0.25, 0.3) is 0 Å². The first-order valence-electron chi connectivity index (χ1n) is 7.83. The molecule has 1 nitrogen and oxygen atoms in total. The number of methoxy groups -OCH3 is 1. The van der Waals surface area contributed by atoms with Crippen LogP contribution in [0.1, 0.15) is 49.9 Å². The van der Waals surface area contributed by atoms with Gasteiger partial charge in [-0.1, -0.05) is 69.3 Å². The predicted octanol–water partition coefficient (Wildman–Crippen LogP) is 5.62. The average molecular weight is 294 g/mol. The molecular weight excluding hydrogens is 268 g/mol. The Hall–Kier alpha value is -2.02. The Morgan fingerprint density at radius 2 is 1.73 bits per heavy atom. The van der Waals surface area contributed by atoms with Gasteiger partial charge in [0.05, 0.1) is 7.11 Å². The van der Waals surface area contributed by atoms with Crippen molar-refractivity contribution in [2.24, 2.45) is 0 Å². The molecule has 2 aromatic carbocycles. The highest BCUT2D eigenvalue weighted by atomic mass is 16.5. The molecule has 22 heavy (non-hydrogen) atoms. The van der Waals surface area contributed by atoms with Crippen molar-refractivity contribution in [1.82, 2.24) is 0 Å². The van der Waals surface area contributed by atoms with Gasteiger partial charge in [-0.25, -0.2) is 0 Å². The minimum atomic E-state index is 0.119. The highest BCUT2D eigenvalue weighted by Gasteiger charge is 2.18. The van der Waals surface area contributed by atoms with Gasteiger partial charge in [-0.2, -0.15) is 0 Å². The first-order chi connectivity index (χ1) is 10.5. The van der Waals surface area contributed by atoms with Gasteiger partial charge in [0.2, 0.25) is 0 Å². The van der Waals surface area contributed by atoms with Crippen molar-refractivity contribution >= 4 is 6.08 Å². The van der Waals surface area contributed by atoms with E-state index in [-0.39, 0.29) is 5.41 Å². The molecule has 0 heterocycles. The Morgan fingerprint density at radius 3 is 2.27 bits per heavy atom. The van der Waals surface area contributed by atoms with E-state index >= 15 is 0 Å². The number of allylic oxidation sites excluding steroid dienone is 1. The van der Waals surface area contributed by atoms with Gasteiger partial charge in [-0.3, -0.25) is 0 Å². The highest BCUT2D eigenvalue weighted by Crippen LogP contribution is 2.33. The molecule has 0 aromatic heterocycles. The third-order valence-electron chi connectivity index (χ3n) is 3.85. The summed E-state index contributed by atoms with van der Waals surface area (Å²) in [6.07, 6.45) is 5.08. The predicted molar refractivity (Wildman–Crippen MR) is 95.7 cm³/mol. The summed E-state index contributed by atoms with van der Waals surface area (Å²) in [5, 5.41) is 0. The molecule has 0 saturated carbocycles. The molecular formula is C21H26O. The maximum Gasteiger partial charge on any atom is 0.129 e. The Bertz CT molecular complexity index is 646. The molecule has 0 radical (unpaired) electrons. The molecule has 0 unspecified atom stereocenters. The van der Waals surface area contributed by atoms with Gasteiger partial charge >= 0.3 is 0 Å². The van der Waals surface area contributed by atoms with Crippen molar-refractivity contribution in [3.63, 3.8) is 0 Å². The molecule has 0 N–H and O–H groups in total. The first kappa shape index (κ1) is 16.4. The first-order valence-corrected chi connectivity index (χ1v) is 7.83. The molecule has 0 atom stereocenters. The number of ether oxygens (including phenoxy) is 1. The SMILES string of the molecule is CC=Cc1cc(C(C)(C)C)cc(Cc2ccccc2)c1OC. The molecule has 0 bridgehead atoms. The molecule has 0 aliphatic rings. The zero-order valence-electron chi connectivity index (χ0n) is 14.3. The third-order valence-corrected chi connectivity index (χ3v) is 3.85. The van der Waals surface area contributed by atoms with E-state index in [0.717, 1.165) is 17.7 Å². The van der Waals surface area contributed by atoms with Gasteiger partial charge in [0, 0.05) is 12.0 Å². The van der Waals surface area contributed by atoms with E-state index in [1.807, 2.05) is 6.92 Å². The fraction of sp³-hybridized carbons (Fsp3) is 0.333. The van der Waals surface area contributed by atoms with E-state index in [0.29, 0.717) is 0 Å². The minimum absolute atomic E-state index is 0.119. The summed E-state index contributed by atoms with van der Waals surface area (Å²) in [6, 6.07) is 15.1. The maximum absolute atomic E-state index is 5.72. The van der Waals surface area contributed by atoms with Crippen molar-refractivity contribution in [2.45, 2.75) is 39.5 Å². The van der Waals surface area contributed by atoms with Crippen LogP contribution in [0.2, 0.25) is 0 Å². The van der Waals surface area contributed by atoms with Crippen LogP contribution in [-0.2, 0) is 11.8 Å². The second-order valence-corrected chi connectivity index (χ2v) is 6.67. The normalized spacial score (nSPS) is 11.9. The van der Waals surface area contributed by atoms with E-state index in [4.69, 9.17) is 4.74 Å². The lowest BCUT2D eigenvalue weighted by Gasteiger charge is -2.23. The topological polar surface area (TPSA) is 9.23 Å². The maximum atomic E-state index is 5.72. The number of benzene rings is 2. The van der Waals surface area contributed by atoms with Crippen LogP contribution >= 0.6 is 0 Å². The Kier molecular flexibility index (Phi) is 5.07. The second-order valence-electron chi connectivity index (χ2n) is 6.67. The van der Waals surface area contributed by atoms with Gasteiger partial charge in [-0.15, -0.1) is 0 Å². The lowest BCUT2D eigenvalue weighted by molar-refractivity contribution is 0.409. The van der Waals surface area contributed by atoms with Crippen molar-refractivity contribution in [1.29, 1.82) is 0 Å². The number of hydrogen-bond acceptors (Lipinski definition) is 1. The summed E-state index contributed by atoms with van der Waals surface area (Å²) in [6.45, 7) is 8.79. The van der Waals surface area contributed by atoms with Gasteiger partial charge in [0.1, 0.15) is 5.75 Å². The molecule has 0 spiro atoms. The standard InChI is InChI=1S/C21H26O/c1-6-10-17-14-19(21(2,3)4)15-18(20(17)22-5)13-16-11-8-7-9-12-16/h6-12,14-15H,13H2,1-5H3. The van der Waals surface area contributed by atoms with Gasteiger partial charge in [0.15, 0.2) is 0 Å². The summed E-state index contributed by atoms with van der Waals surface area (Å²) in [4.78, 5) is 0. The van der Waals surface area contributed by atoms with Crippen LogP contribution in [0.15, 0.2) is 48.5 Å². The summed E-state index contributed by atoms with van der Waals surface area (Å²) in [5.41, 5.74) is 5.16. The number of rotatable bonds is 4. The summed E-state index contributed by atoms with van der Waals surface area (Å²) in [5.74, 6) is 0.981.